The van der Waals surface area contributed by atoms with E-state index < -0.39 is 4.92 Å². The van der Waals surface area contributed by atoms with Gasteiger partial charge in [0.15, 0.2) is 5.69 Å². The second-order valence-corrected chi connectivity index (χ2v) is 7.18. The Kier molecular flexibility index (Phi) is 5.28. The first-order valence-electron chi connectivity index (χ1n) is 9.53. The van der Waals surface area contributed by atoms with Gasteiger partial charge >= 0.3 is 0 Å². The number of hydrogen-bond acceptors (Lipinski definition) is 6. The van der Waals surface area contributed by atoms with Crippen LogP contribution in [0, 0.1) is 10.1 Å². The number of carbonyl (C=O) groups is 1. The van der Waals surface area contributed by atoms with Crippen LogP contribution in [-0.2, 0) is 0 Å². The Morgan fingerprint density at radius 1 is 1.03 bits per heavy atom. The number of non-ortho nitro benzene ring substituents is 1. The SMILES string of the molecule is CN(C)/C=C/c1c(C(=O)c2ccc3ccccc3c2)nnn1-c1ccc([N+](=O)[O-])cc1. The average molecular weight is 413 g/mol. The molecule has 31 heavy (non-hydrogen) atoms. The van der Waals surface area contributed by atoms with E-state index in [1.54, 1.807) is 30.5 Å². The number of nitro groups is 1. The minimum absolute atomic E-state index is 0.0262. The van der Waals surface area contributed by atoms with Crippen LogP contribution >= 0.6 is 0 Å². The number of ketones is 1. The van der Waals surface area contributed by atoms with Crippen molar-refractivity contribution in [3.8, 4) is 5.69 Å². The highest BCUT2D eigenvalue weighted by atomic mass is 16.6. The van der Waals surface area contributed by atoms with Gasteiger partial charge in [0.1, 0.15) is 5.69 Å². The molecule has 8 heteroatoms. The summed E-state index contributed by atoms with van der Waals surface area (Å²) in [6.45, 7) is 0. The number of benzene rings is 3. The summed E-state index contributed by atoms with van der Waals surface area (Å²) in [4.78, 5) is 25.6. The van der Waals surface area contributed by atoms with Crippen molar-refractivity contribution in [3.63, 3.8) is 0 Å². The maximum Gasteiger partial charge on any atom is 0.269 e. The zero-order valence-electron chi connectivity index (χ0n) is 17.0. The molecular weight excluding hydrogens is 394 g/mol. The summed E-state index contributed by atoms with van der Waals surface area (Å²) in [7, 11) is 3.72. The van der Waals surface area contributed by atoms with E-state index in [1.165, 1.54) is 16.8 Å². The van der Waals surface area contributed by atoms with E-state index >= 15 is 0 Å². The summed E-state index contributed by atoms with van der Waals surface area (Å²) < 4.78 is 1.50. The molecule has 1 aromatic heterocycles. The third kappa shape index (κ3) is 4.04. The van der Waals surface area contributed by atoms with Crippen LogP contribution in [0.15, 0.2) is 72.9 Å². The van der Waals surface area contributed by atoms with Gasteiger partial charge in [-0.1, -0.05) is 41.6 Å². The Bertz CT molecular complexity index is 1310. The maximum atomic E-state index is 13.3. The molecule has 0 amide bonds. The van der Waals surface area contributed by atoms with Crippen LogP contribution in [0.4, 0.5) is 5.69 Å². The van der Waals surface area contributed by atoms with Crippen LogP contribution in [-0.4, -0.2) is 44.7 Å². The molecule has 0 radical (unpaired) electrons. The second-order valence-electron chi connectivity index (χ2n) is 7.18. The molecule has 0 spiro atoms. The molecule has 0 aliphatic rings. The van der Waals surface area contributed by atoms with E-state index in [1.807, 2.05) is 55.4 Å². The van der Waals surface area contributed by atoms with Crippen LogP contribution in [0.1, 0.15) is 21.7 Å². The molecule has 8 nitrogen and oxygen atoms in total. The van der Waals surface area contributed by atoms with Crippen molar-refractivity contribution in [2.24, 2.45) is 0 Å². The predicted octanol–water partition coefficient (Wildman–Crippen LogP) is 4.09. The highest BCUT2D eigenvalue weighted by Crippen LogP contribution is 2.22. The summed E-state index contributed by atoms with van der Waals surface area (Å²) in [6.07, 6.45) is 3.54. The van der Waals surface area contributed by atoms with Crippen molar-refractivity contribution in [2.75, 3.05) is 14.1 Å². The Labute approximate surface area is 178 Å². The highest BCUT2D eigenvalue weighted by Gasteiger charge is 2.21. The number of nitrogens with zero attached hydrogens (tertiary/aromatic N) is 5. The standard InChI is InChI=1S/C23H19N5O3/c1-26(2)14-13-21-22(23(29)18-8-7-16-5-3-4-6-17(16)15-18)24-25-27(21)19-9-11-20(12-10-19)28(30)31/h3-15H,1-2H3/b14-13+. The molecule has 0 saturated heterocycles. The van der Waals surface area contributed by atoms with E-state index in [2.05, 4.69) is 10.3 Å². The zero-order chi connectivity index (χ0) is 22.0. The van der Waals surface area contributed by atoms with Gasteiger partial charge in [-0.2, -0.15) is 0 Å². The van der Waals surface area contributed by atoms with Crippen LogP contribution in [0.2, 0.25) is 0 Å². The Hall–Kier alpha value is -4.33. The number of hydrogen-bond donors (Lipinski definition) is 0. The van der Waals surface area contributed by atoms with Crippen molar-refractivity contribution in [1.82, 2.24) is 19.9 Å². The van der Waals surface area contributed by atoms with Crippen molar-refractivity contribution in [3.05, 3.63) is 100.0 Å². The zero-order valence-corrected chi connectivity index (χ0v) is 17.0. The van der Waals surface area contributed by atoms with Crippen molar-refractivity contribution in [2.45, 2.75) is 0 Å². The van der Waals surface area contributed by atoms with E-state index in [4.69, 9.17) is 0 Å². The minimum Gasteiger partial charge on any atom is -0.383 e. The molecule has 0 N–H and O–H groups in total. The van der Waals surface area contributed by atoms with Crippen LogP contribution < -0.4 is 0 Å². The lowest BCUT2D eigenvalue weighted by Gasteiger charge is -2.07. The molecule has 4 aromatic rings. The Balaban J connectivity index is 1.79. The lowest BCUT2D eigenvalue weighted by Crippen LogP contribution is -2.07. The summed E-state index contributed by atoms with van der Waals surface area (Å²) in [6, 6.07) is 19.2. The molecule has 154 valence electrons. The highest BCUT2D eigenvalue weighted by molar-refractivity contribution is 6.11. The van der Waals surface area contributed by atoms with Gasteiger partial charge in [0.05, 0.1) is 10.6 Å². The average Bonchev–Trinajstić information content (AvgIpc) is 3.20. The Morgan fingerprint density at radius 3 is 2.42 bits per heavy atom. The van der Waals surface area contributed by atoms with Gasteiger partial charge in [0.25, 0.3) is 5.69 Å². The van der Waals surface area contributed by atoms with Gasteiger partial charge in [-0.05, 0) is 35.0 Å². The van der Waals surface area contributed by atoms with Gasteiger partial charge in [-0.3, -0.25) is 14.9 Å². The molecule has 0 saturated carbocycles. The van der Waals surface area contributed by atoms with Gasteiger partial charge in [0.2, 0.25) is 5.78 Å². The summed E-state index contributed by atoms with van der Waals surface area (Å²) in [5.41, 5.74) is 1.73. The fraction of sp³-hybridized carbons (Fsp3) is 0.0870. The number of fused-ring (bicyclic) bond motifs is 1. The van der Waals surface area contributed by atoms with E-state index in [0.29, 0.717) is 16.9 Å². The molecule has 0 atom stereocenters. The summed E-state index contributed by atoms with van der Waals surface area (Å²) in [5.74, 6) is -0.252. The quantitative estimate of drug-likeness (QED) is 0.268. The summed E-state index contributed by atoms with van der Waals surface area (Å²) >= 11 is 0. The number of carbonyl (C=O) groups excluding carboxylic acids is 1. The topological polar surface area (TPSA) is 94.2 Å². The predicted molar refractivity (Wildman–Crippen MR) is 118 cm³/mol. The second kappa shape index (κ2) is 8.19. The molecule has 3 aromatic carbocycles. The first-order chi connectivity index (χ1) is 14.9. The molecule has 0 aliphatic carbocycles. The van der Waals surface area contributed by atoms with Gasteiger partial charge in [-0.15, -0.1) is 5.10 Å². The maximum absolute atomic E-state index is 13.3. The van der Waals surface area contributed by atoms with Crippen LogP contribution in [0.5, 0.6) is 0 Å². The van der Waals surface area contributed by atoms with E-state index in [-0.39, 0.29) is 17.2 Å². The lowest BCUT2D eigenvalue weighted by molar-refractivity contribution is -0.384. The van der Waals surface area contributed by atoms with Crippen molar-refractivity contribution in [1.29, 1.82) is 0 Å². The number of rotatable bonds is 6. The van der Waals surface area contributed by atoms with E-state index in [9.17, 15) is 14.9 Å². The van der Waals surface area contributed by atoms with Crippen molar-refractivity contribution >= 4 is 28.3 Å². The summed E-state index contributed by atoms with van der Waals surface area (Å²) in [5, 5.41) is 21.2. The van der Waals surface area contributed by atoms with Crippen LogP contribution in [0.3, 0.4) is 0 Å². The van der Waals surface area contributed by atoms with Crippen LogP contribution in [0.25, 0.3) is 22.5 Å². The third-order valence-corrected chi connectivity index (χ3v) is 4.77. The monoisotopic (exact) mass is 413 g/mol. The van der Waals surface area contributed by atoms with Gasteiger partial charge < -0.3 is 4.90 Å². The fourth-order valence-corrected chi connectivity index (χ4v) is 3.19. The molecule has 0 unspecified atom stereocenters. The lowest BCUT2D eigenvalue weighted by atomic mass is 10.0. The Morgan fingerprint density at radius 2 is 1.74 bits per heavy atom. The van der Waals surface area contributed by atoms with Gasteiger partial charge in [-0.25, -0.2) is 4.68 Å². The largest absolute Gasteiger partial charge is 0.383 e. The molecule has 4 rings (SSSR count). The van der Waals surface area contributed by atoms with E-state index in [0.717, 1.165) is 10.8 Å². The minimum atomic E-state index is -0.466. The third-order valence-electron chi connectivity index (χ3n) is 4.77. The number of aromatic nitrogens is 3. The molecule has 0 fully saturated rings. The fourth-order valence-electron chi connectivity index (χ4n) is 3.19. The smallest absolute Gasteiger partial charge is 0.269 e. The first kappa shape index (κ1) is 20.0. The van der Waals surface area contributed by atoms with Crippen molar-refractivity contribution < 1.29 is 9.72 Å². The molecular formula is C23H19N5O3. The molecule has 0 aliphatic heterocycles. The number of nitro benzene ring substituents is 1. The normalized spacial score (nSPS) is 11.2. The molecule has 1 heterocycles. The van der Waals surface area contributed by atoms with Gasteiger partial charge in [0, 0.05) is 38.0 Å². The first-order valence-corrected chi connectivity index (χ1v) is 9.53. The molecule has 0 bridgehead atoms.